The van der Waals surface area contributed by atoms with Crippen molar-refractivity contribution in [1.29, 1.82) is 0 Å². The van der Waals surface area contributed by atoms with Crippen LogP contribution in [0.25, 0.3) is 0 Å². The number of benzene rings is 2. The molecule has 2 aromatic rings. The van der Waals surface area contributed by atoms with Crippen LogP contribution in [-0.4, -0.2) is 18.1 Å². The standard InChI is InChI=1S/C18H19NO2/c1-2-21-17(20)18(19-16-10-4-3-5-11-16)12-14-8-6-7-9-15(14)13-18/h3-11,19H,2,12-13H2,1H3. The Morgan fingerprint density at radius 1 is 1.05 bits per heavy atom. The zero-order chi connectivity index (χ0) is 14.7. The average molecular weight is 281 g/mol. The zero-order valence-electron chi connectivity index (χ0n) is 12.1. The molecule has 3 nitrogen and oxygen atoms in total. The average Bonchev–Trinajstić information content (AvgIpc) is 2.88. The second-order valence-electron chi connectivity index (χ2n) is 5.42. The number of hydrogen-bond donors (Lipinski definition) is 1. The van der Waals surface area contributed by atoms with Crippen LogP contribution in [0.3, 0.4) is 0 Å². The molecule has 1 aliphatic rings. The van der Waals surface area contributed by atoms with Gasteiger partial charge >= 0.3 is 5.97 Å². The first-order chi connectivity index (χ1) is 10.2. The van der Waals surface area contributed by atoms with E-state index in [9.17, 15) is 4.79 Å². The number of ether oxygens (including phenoxy) is 1. The van der Waals surface area contributed by atoms with Crippen molar-refractivity contribution in [1.82, 2.24) is 0 Å². The van der Waals surface area contributed by atoms with Crippen molar-refractivity contribution in [2.24, 2.45) is 0 Å². The smallest absolute Gasteiger partial charge is 0.332 e. The van der Waals surface area contributed by atoms with Gasteiger partial charge in [-0.05, 0) is 30.2 Å². The number of nitrogens with one attached hydrogen (secondary N) is 1. The molecule has 0 fully saturated rings. The number of rotatable bonds is 4. The van der Waals surface area contributed by atoms with Crippen LogP contribution in [0.2, 0.25) is 0 Å². The fourth-order valence-corrected chi connectivity index (χ4v) is 2.97. The Kier molecular flexibility index (Phi) is 3.65. The van der Waals surface area contributed by atoms with Gasteiger partial charge in [-0.25, -0.2) is 4.79 Å². The predicted octanol–water partition coefficient (Wildman–Crippen LogP) is 3.20. The number of esters is 1. The Bertz CT molecular complexity index is 612. The summed E-state index contributed by atoms with van der Waals surface area (Å²) in [6.45, 7) is 2.24. The second-order valence-corrected chi connectivity index (χ2v) is 5.42. The van der Waals surface area contributed by atoms with Crippen LogP contribution >= 0.6 is 0 Å². The maximum Gasteiger partial charge on any atom is 0.332 e. The van der Waals surface area contributed by atoms with Crippen molar-refractivity contribution in [3.8, 4) is 0 Å². The van der Waals surface area contributed by atoms with Gasteiger partial charge in [0, 0.05) is 18.5 Å². The fraction of sp³-hybridized carbons (Fsp3) is 0.278. The molecule has 2 aromatic carbocycles. The normalized spacial score (nSPS) is 15.3. The quantitative estimate of drug-likeness (QED) is 0.875. The first kappa shape index (κ1) is 13.7. The largest absolute Gasteiger partial charge is 0.464 e. The van der Waals surface area contributed by atoms with E-state index in [1.54, 1.807) is 0 Å². The minimum atomic E-state index is -0.693. The number of carbonyl (C=O) groups is 1. The van der Waals surface area contributed by atoms with Gasteiger partial charge in [-0.1, -0.05) is 42.5 Å². The molecule has 0 atom stereocenters. The first-order valence-electron chi connectivity index (χ1n) is 7.31. The molecule has 1 aliphatic carbocycles. The van der Waals surface area contributed by atoms with Crippen molar-refractivity contribution in [3.63, 3.8) is 0 Å². The highest BCUT2D eigenvalue weighted by molar-refractivity contribution is 5.87. The van der Waals surface area contributed by atoms with Crippen molar-refractivity contribution in [2.45, 2.75) is 25.3 Å². The minimum Gasteiger partial charge on any atom is -0.464 e. The molecule has 1 N–H and O–H groups in total. The van der Waals surface area contributed by atoms with Gasteiger partial charge < -0.3 is 10.1 Å². The Labute approximate surface area is 124 Å². The molecule has 0 heterocycles. The summed E-state index contributed by atoms with van der Waals surface area (Å²) in [6.07, 6.45) is 1.33. The van der Waals surface area contributed by atoms with Gasteiger partial charge in [-0.15, -0.1) is 0 Å². The fourth-order valence-electron chi connectivity index (χ4n) is 2.97. The Balaban J connectivity index is 1.93. The molecule has 0 aliphatic heterocycles. The van der Waals surface area contributed by atoms with Crippen LogP contribution < -0.4 is 5.32 Å². The molecular weight excluding hydrogens is 262 g/mol. The van der Waals surface area contributed by atoms with Gasteiger partial charge in [0.05, 0.1) is 6.61 Å². The van der Waals surface area contributed by atoms with E-state index >= 15 is 0 Å². The number of fused-ring (bicyclic) bond motifs is 1. The highest BCUT2D eigenvalue weighted by atomic mass is 16.5. The van der Waals surface area contributed by atoms with Gasteiger partial charge in [0.15, 0.2) is 0 Å². The van der Waals surface area contributed by atoms with Crippen LogP contribution in [0, 0.1) is 0 Å². The van der Waals surface area contributed by atoms with Crippen LogP contribution in [-0.2, 0) is 22.4 Å². The lowest BCUT2D eigenvalue weighted by molar-refractivity contribution is -0.148. The zero-order valence-corrected chi connectivity index (χ0v) is 12.1. The van der Waals surface area contributed by atoms with E-state index in [0.717, 1.165) is 5.69 Å². The van der Waals surface area contributed by atoms with Gasteiger partial charge in [0.2, 0.25) is 0 Å². The molecule has 108 valence electrons. The lowest BCUT2D eigenvalue weighted by Crippen LogP contribution is -2.48. The van der Waals surface area contributed by atoms with Gasteiger partial charge in [0.1, 0.15) is 5.54 Å². The summed E-state index contributed by atoms with van der Waals surface area (Å²) in [6, 6.07) is 18.0. The Morgan fingerprint density at radius 2 is 1.62 bits per heavy atom. The lowest BCUT2D eigenvalue weighted by Gasteiger charge is -2.29. The summed E-state index contributed by atoms with van der Waals surface area (Å²) in [5.74, 6) is -0.176. The first-order valence-corrected chi connectivity index (χ1v) is 7.31. The summed E-state index contributed by atoms with van der Waals surface area (Å²) < 4.78 is 5.33. The maximum atomic E-state index is 12.6. The summed E-state index contributed by atoms with van der Waals surface area (Å²) in [5.41, 5.74) is 2.68. The predicted molar refractivity (Wildman–Crippen MR) is 83.3 cm³/mol. The molecule has 3 rings (SSSR count). The van der Waals surface area contributed by atoms with Crippen molar-refractivity contribution >= 4 is 11.7 Å². The van der Waals surface area contributed by atoms with E-state index in [2.05, 4.69) is 17.4 Å². The number of para-hydroxylation sites is 1. The summed E-state index contributed by atoms with van der Waals surface area (Å²) in [4.78, 5) is 12.6. The SMILES string of the molecule is CCOC(=O)C1(Nc2ccccc2)Cc2ccccc2C1. The topological polar surface area (TPSA) is 38.3 Å². The minimum absolute atomic E-state index is 0.176. The second kappa shape index (κ2) is 5.60. The van der Waals surface area contributed by atoms with Crippen LogP contribution in [0.5, 0.6) is 0 Å². The van der Waals surface area contributed by atoms with Crippen molar-refractivity contribution < 1.29 is 9.53 Å². The molecule has 0 amide bonds. The van der Waals surface area contributed by atoms with E-state index < -0.39 is 5.54 Å². The van der Waals surface area contributed by atoms with Gasteiger partial charge in [0.25, 0.3) is 0 Å². The van der Waals surface area contributed by atoms with E-state index in [4.69, 9.17) is 4.74 Å². The highest BCUT2D eigenvalue weighted by Gasteiger charge is 2.45. The third-order valence-corrected chi connectivity index (χ3v) is 3.93. The molecular formula is C18H19NO2. The lowest BCUT2D eigenvalue weighted by atomic mass is 9.95. The summed E-state index contributed by atoms with van der Waals surface area (Å²) in [5, 5.41) is 3.41. The van der Waals surface area contributed by atoms with Crippen LogP contribution in [0.1, 0.15) is 18.1 Å². The molecule has 0 unspecified atom stereocenters. The molecule has 0 bridgehead atoms. The third-order valence-electron chi connectivity index (χ3n) is 3.93. The molecule has 0 radical (unpaired) electrons. The monoisotopic (exact) mass is 281 g/mol. The molecule has 0 aromatic heterocycles. The Morgan fingerprint density at radius 3 is 2.19 bits per heavy atom. The van der Waals surface area contributed by atoms with Crippen molar-refractivity contribution in [2.75, 3.05) is 11.9 Å². The van der Waals surface area contributed by atoms with E-state index in [-0.39, 0.29) is 5.97 Å². The van der Waals surface area contributed by atoms with Crippen molar-refractivity contribution in [3.05, 3.63) is 65.7 Å². The van der Waals surface area contributed by atoms with E-state index in [0.29, 0.717) is 19.4 Å². The van der Waals surface area contributed by atoms with E-state index in [1.807, 2.05) is 49.4 Å². The number of hydrogen-bond acceptors (Lipinski definition) is 3. The Hall–Kier alpha value is -2.29. The highest BCUT2D eigenvalue weighted by Crippen LogP contribution is 2.34. The number of anilines is 1. The third kappa shape index (κ3) is 2.64. The molecule has 0 saturated heterocycles. The maximum absolute atomic E-state index is 12.6. The summed E-state index contributed by atoms with van der Waals surface area (Å²) >= 11 is 0. The van der Waals surface area contributed by atoms with Gasteiger partial charge in [-0.3, -0.25) is 0 Å². The van der Waals surface area contributed by atoms with Gasteiger partial charge in [-0.2, -0.15) is 0 Å². The van der Waals surface area contributed by atoms with E-state index in [1.165, 1.54) is 11.1 Å². The van der Waals surface area contributed by atoms with Crippen LogP contribution in [0.15, 0.2) is 54.6 Å². The molecule has 3 heteroatoms. The van der Waals surface area contributed by atoms with Crippen LogP contribution in [0.4, 0.5) is 5.69 Å². The molecule has 0 saturated carbocycles. The summed E-state index contributed by atoms with van der Waals surface area (Å²) in [7, 11) is 0. The molecule has 21 heavy (non-hydrogen) atoms. The number of carbonyl (C=O) groups excluding carboxylic acids is 1. The molecule has 0 spiro atoms.